The third-order valence-electron chi connectivity index (χ3n) is 5.13. The van der Waals surface area contributed by atoms with Gasteiger partial charge in [-0.3, -0.25) is 0 Å². The van der Waals surface area contributed by atoms with Gasteiger partial charge in [-0.15, -0.1) is 0 Å². The third kappa shape index (κ3) is 3.97. The van der Waals surface area contributed by atoms with Crippen molar-refractivity contribution < 1.29 is 8.42 Å². The number of aryl methyl sites for hydroxylation is 4. The van der Waals surface area contributed by atoms with Gasteiger partial charge >= 0.3 is 0 Å². The standard InChI is InChI=1S/C23H20Cl2N2O2S/c1-15-10-21-22(11-16(15)2)27(30(28,29)20-6-4-3-5-7-20)23(26-21)9-8-17-12-18(24)14-19(25)13-17/h3-7,10-14H,8-9H2,1-2H3. The highest BCUT2D eigenvalue weighted by molar-refractivity contribution is 7.90. The van der Waals surface area contributed by atoms with E-state index in [4.69, 9.17) is 23.2 Å². The van der Waals surface area contributed by atoms with Crippen molar-refractivity contribution in [3.8, 4) is 0 Å². The van der Waals surface area contributed by atoms with Gasteiger partial charge in [-0.1, -0.05) is 41.4 Å². The van der Waals surface area contributed by atoms with E-state index in [1.807, 2.05) is 38.1 Å². The number of benzene rings is 3. The first-order valence-corrected chi connectivity index (χ1v) is 11.7. The molecule has 4 aromatic rings. The zero-order valence-electron chi connectivity index (χ0n) is 16.6. The summed E-state index contributed by atoms with van der Waals surface area (Å²) in [7, 11) is -3.80. The van der Waals surface area contributed by atoms with E-state index in [0.717, 1.165) is 16.7 Å². The molecule has 0 spiro atoms. The van der Waals surface area contributed by atoms with E-state index in [1.165, 1.54) is 3.97 Å². The lowest BCUT2D eigenvalue weighted by Crippen LogP contribution is -2.16. The van der Waals surface area contributed by atoms with E-state index in [-0.39, 0.29) is 4.90 Å². The molecule has 4 rings (SSSR count). The summed E-state index contributed by atoms with van der Waals surface area (Å²) in [4.78, 5) is 4.92. The first-order chi connectivity index (χ1) is 14.3. The molecule has 0 radical (unpaired) electrons. The van der Waals surface area contributed by atoms with Crippen LogP contribution in [0.15, 0.2) is 65.6 Å². The summed E-state index contributed by atoms with van der Waals surface area (Å²) in [6, 6.07) is 17.6. The number of rotatable bonds is 5. The third-order valence-corrected chi connectivity index (χ3v) is 7.33. The van der Waals surface area contributed by atoms with Crippen molar-refractivity contribution in [3.05, 3.63) is 93.2 Å². The van der Waals surface area contributed by atoms with Crippen LogP contribution in [0.3, 0.4) is 0 Å². The number of hydrogen-bond donors (Lipinski definition) is 0. The van der Waals surface area contributed by atoms with E-state index in [9.17, 15) is 8.42 Å². The zero-order chi connectivity index (χ0) is 21.5. The lowest BCUT2D eigenvalue weighted by atomic mass is 10.1. The number of hydrogen-bond acceptors (Lipinski definition) is 3. The van der Waals surface area contributed by atoms with E-state index in [2.05, 4.69) is 4.98 Å². The van der Waals surface area contributed by atoms with Gasteiger partial charge in [0.1, 0.15) is 5.82 Å². The van der Waals surface area contributed by atoms with Gasteiger partial charge in [0.2, 0.25) is 0 Å². The van der Waals surface area contributed by atoms with Gasteiger partial charge in [-0.25, -0.2) is 17.4 Å². The number of aromatic nitrogens is 2. The minimum absolute atomic E-state index is 0.231. The first kappa shape index (κ1) is 20.9. The Morgan fingerprint density at radius 3 is 2.17 bits per heavy atom. The van der Waals surface area contributed by atoms with Crippen LogP contribution in [0, 0.1) is 13.8 Å². The molecule has 0 N–H and O–H groups in total. The topological polar surface area (TPSA) is 52.0 Å². The maximum absolute atomic E-state index is 13.5. The molecule has 0 bridgehead atoms. The second-order valence-corrected chi connectivity index (χ2v) is 9.97. The summed E-state index contributed by atoms with van der Waals surface area (Å²) >= 11 is 12.2. The van der Waals surface area contributed by atoms with Crippen molar-refractivity contribution in [2.24, 2.45) is 0 Å². The average molecular weight is 459 g/mol. The second-order valence-electron chi connectivity index (χ2n) is 7.31. The first-order valence-electron chi connectivity index (χ1n) is 9.50. The van der Waals surface area contributed by atoms with Gasteiger partial charge < -0.3 is 0 Å². The molecule has 0 saturated carbocycles. The number of halogens is 2. The summed E-state index contributed by atoms with van der Waals surface area (Å²) in [6.45, 7) is 3.96. The number of fused-ring (bicyclic) bond motifs is 1. The van der Waals surface area contributed by atoms with Gasteiger partial charge in [0, 0.05) is 16.5 Å². The molecule has 1 aromatic heterocycles. The SMILES string of the molecule is Cc1cc2nc(CCc3cc(Cl)cc(Cl)c3)n(S(=O)(=O)c3ccccc3)c2cc1C. The minimum Gasteiger partial charge on any atom is -0.232 e. The molecule has 1 heterocycles. The normalized spacial score (nSPS) is 11.9. The highest BCUT2D eigenvalue weighted by atomic mass is 35.5. The van der Waals surface area contributed by atoms with Crippen LogP contribution in [0.2, 0.25) is 10.0 Å². The van der Waals surface area contributed by atoms with Crippen LogP contribution >= 0.6 is 23.2 Å². The highest BCUT2D eigenvalue weighted by Gasteiger charge is 2.24. The molecule has 0 aliphatic rings. The summed E-state index contributed by atoms with van der Waals surface area (Å²) in [5.41, 5.74) is 4.26. The van der Waals surface area contributed by atoms with Gasteiger partial charge in [0.05, 0.1) is 15.9 Å². The van der Waals surface area contributed by atoms with E-state index < -0.39 is 10.0 Å². The molecule has 0 amide bonds. The highest BCUT2D eigenvalue weighted by Crippen LogP contribution is 2.27. The molecule has 7 heteroatoms. The van der Waals surface area contributed by atoms with Gasteiger partial charge in [-0.05, 0) is 79.4 Å². The molecule has 0 aliphatic carbocycles. The van der Waals surface area contributed by atoms with Crippen molar-refractivity contribution >= 4 is 44.3 Å². The van der Waals surface area contributed by atoms with E-state index >= 15 is 0 Å². The molecule has 0 unspecified atom stereocenters. The molecule has 0 saturated heterocycles. The molecule has 3 aromatic carbocycles. The quantitative estimate of drug-likeness (QED) is 0.369. The van der Waals surface area contributed by atoms with Crippen molar-refractivity contribution in [2.45, 2.75) is 31.6 Å². The van der Waals surface area contributed by atoms with Crippen molar-refractivity contribution in [1.82, 2.24) is 8.96 Å². The number of imidazole rings is 1. The molecule has 154 valence electrons. The fourth-order valence-electron chi connectivity index (χ4n) is 3.50. The maximum atomic E-state index is 13.5. The van der Waals surface area contributed by atoms with Crippen LogP contribution in [0.25, 0.3) is 11.0 Å². The second kappa shape index (κ2) is 8.06. The Morgan fingerprint density at radius 2 is 1.50 bits per heavy atom. The minimum atomic E-state index is -3.80. The summed E-state index contributed by atoms with van der Waals surface area (Å²) in [5.74, 6) is 0.481. The van der Waals surface area contributed by atoms with E-state index in [1.54, 1.807) is 36.4 Å². The molecule has 0 atom stereocenters. The van der Waals surface area contributed by atoms with Crippen LogP contribution in [0.5, 0.6) is 0 Å². The maximum Gasteiger partial charge on any atom is 0.269 e. The Bertz CT molecular complexity index is 1330. The lowest BCUT2D eigenvalue weighted by molar-refractivity contribution is 0.585. The number of nitrogens with zero attached hydrogens (tertiary/aromatic N) is 2. The zero-order valence-corrected chi connectivity index (χ0v) is 18.9. The Labute approximate surface area is 186 Å². The Hall–Kier alpha value is -2.34. The Kier molecular flexibility index (Phi) is 5.62. The van der Waals surface area contributed by atoms with Crippen LogP contribution < -0.4 is 0 Å². The summed E-state index contributed by atoms with van der Waals surface area (Å²) in [5, 5.41) is 1.10. The predicted octanol–water partition coefficient (Wildman–Crippen LogP) is 5.98. The van der Waals surface area contributed by atoms with Crippen molar-refractivity contribution in [3.63, 3.8) is 0 Å². The summed E-state index contributed by atoms with van der Waals surface area (Å²) < 4.78 is 28.4. The van der Waals surface area contributed by atoms with Crippen LogP contribution in [-0.4, -0.2) is 17.4 Å². The Balaban J connectivity index is 1.85. The van der Waals surface area contributed by atoms with Gasteiger partial charge in [0.15, 0.2) is 0 Å². The fraction of sp³-hybridized carbons (Fsp3) is 0.174. The predicted molar refractivity (Wildman–Crippen MR) is 122 cm³/mol. The molecule has 0 fully saturated rings. The average Bonchev–Trinajstić information content (AvgIpc) is 3.04. The Morgan fingerprint density at radius 1 is 0.867 bits per heavy atom. The molecular weight excluding hydrogens is 439 g/mol. The van der Waals surface area contributed by atoms with E-state index in [0.29, 0.717) is 39.7 Å². The molecular formula is C23H20Cl2N2O2S. The largest absolute Gasteiger partial charge is 0.269 e. The monoisotopic (exact) mass is 458 g/mol. The van der Waals surface area contributed by atoms with Crippen LogP contribution in [0.1, 0.15) is 22.5 Å². The molecule has 4 nitrogen and oxygen atoms in total. The van der Waals surface area contributed by atoms with Gasteiger partial charge in [0.25, 0.3) is 10.0 Å². The van der Waals surface area contributed by atoms with Crippen LogP contribution in [-0.2, 0) is 22.9 Å². The molecule has 0 aliphatic heterocycles. The van der Waals surface area contributed by atoms with Crippen LogP contribution in [0.4, 0.5) is 0 Å². The smallest absolute Gasteiger partial charge is 0.232 e. The van der Waals surface area contributed by atoms with Gasteiger partial charge in [-0.2, -0.15) is 0 Å². The summed E-state index contributed by atoms with van der Waals surface area (Å²) in [6.07, 6.45) is 0.987. The van der Waals surface area contributed by atoms with Crippen molar-refractivity contribution in [2.75, 3.05) is 0 Å². The van der Waals surface area contributed by atoms with Crippen molar-refractivity contribution in [1.29, 1.82) is 0 Å². The fourth-order valence-corrected chi connectivity index (χ4v) is 5.59. The lowest BCUT2D eigenvalue weighted by Gasteiger charge is -2.11. The molecule has 30 heavy (non-hydrogen) atoms.